The highest BCUT2D eigenvalue weighted by Gasteiger charge is 2.32. The number of thioether (sulfide) groups is 1. The van der Waals surface area contributed by atoms with Gasteiger partial charge >= 0.3 is 0 Å². The van der Waals surface area contributed by atoms with Crippen molar-refractivity contribution in [2.24, 2.45) is 0 Å². The highest BCUT2D eigenvalue weighted by molar-refractivity contribution is 9.10. The number of imide groups is 1. The zero-order chi connectivity index (χ0) is 21.3. The molecule has 0 saturated carbocycles. The average molecular weight is 485 g/mol. The van der Waals surface area contributed by atoms with Crippen molar-refractivity contribution in [1.29, 1.82) is 0 Å². The molecule has 7 nitrogen and oxygen atoms in total. The van der Waals surface area contributed by atoms with E-state index in [2.05, 4.69) is 20.9 Å². The normalized spacial score (nSPS) is 15.3. The molecular weight excluding hydrogens is 468 g/mol. The van der Waals surface area contributed by atoms with E-state index in [-0.39, 0.29) is 11.1 Å². The Bertz CT molecular complexity index is 1160. The number of carbonyl (C=O) groups is 2. The van der Waals surface area contributed by atoms with Crippen LogP contribution in [-0.2, 0) is 4.79 Å². The molecule has 9 heteroatoms. The lowest BCUT2D eigenvalue weighted by molar-refractivity contribution is -0.121. The Morgan fingerprint density at radius 1 is 1.23 bits per heavy atom. The van der Waals surface area contributed by atoms with Gasteiger partial charge in [0.1, 0.15) is 11.4 Å². The molecule has 1 fully saturated rings. The van der Waals surface area contributed by atoms with Crippen LogP contribution >= 0.6 is 27.7 Å². The molecule has 0 radical (unpaired) electrons. The first-order valence-electron chi connectivity index (χ1n) is 9.13. The van der Waals surface area contributed by atoms with Gasteiger partial charge in [-0.05, 0) is 71.0 Å². The van der Waals surface area contributed by atoms with Crippen LogP contribution in [0.25, 0.3) is 23.2 Å². The minimum atomic E-state index is -0.325. The van der Waals surface area contributed by atoms with Crippen molar-refractivity contribution in [3.63, 3.8) is 0 Å². The Labute approximate surface area is 185 Å². The second kappa shape index (κ2) is 8.45. The number of hydrogen-bond donors (Lipinski definition) is 0. The molecule has 2 aromatic heterocycles. The van der Waals surface area contributed by atoms with Crippen LogP contribution in [0.5, 0.6) is 5.75 Å². The van der Waals surface area contributed by atoms with Crippen LogP contribution in [0.3, 0.4) is 0 Å². The van der Waals surface area contributed by atoms with Gasteiger partial charge in [-0.15, -0.1) is 0 Å². The molecule has 0 bridgehead atoms. The third kappa shape index (κ3) is 3.90. The zero-order valence-corrected chi connectivity index (χ0v) is 18.6. The molecule has 4 rings (SSSR count). The van der Waals surface area contributed by atoms with Gasteiger partial charge in [0, 0.05) is 30.6 Å². The Hall–Kier alpha value is -2.91. The summed E-state index contributed by atoms with van der Waals surface area (Å²) in [6, 6.07) is 11.2. The molecule has 152 valence electrons. The van der Waals surface area contributed by atoms with E-state index in [1.807, 2.05) is 43.3 Å². The number of pyridine rings is 1. The lowest BCUT2D eigenvalue weighted by atomic mass is 10.1. The molecule has 30 heavy (non-hydrogen) atoms. The highest BCUT2D eigenvalue weighted by atomic mass is 79.9. The number of halogens is 1. The Balaban J connectivity index is 1.83. The Kier molecular flexibility index (Phi) is 5.74. The number of likely N-dealkylation sites (N-methyl/N-ethyl adjacent to an activating group) is 1. The van der Waals surface area contributed by atoms with Crippen molar-refractivity contribution in [2.45, 2.75) is 6.92 Å². The Morgan fingerprint density at radius 2 is 2.07 bits per heavy atom. The smallest absolute Gasteiger partial charge is 0.293 e. The maximum atomic E-state index is 12.4. The summed E-state index contributed by atoms with van der Waals surface area (Å²) in [6.45, 7) is 2.48. The lowest BCUT2D eigenvalue weighted by Gasteiger charge is -2.07. The maximum Gasteiger partial charge on any atom is 0.293 e. The van der Waals surface area contributed by atoms with Gasteiger partial charge in [-0.2, -0.15) is 5.10 Å². The number of nitrogens with zero attached hydrogens (tertiary/aromatic N) is 4. The van der Waals surface area contributed by atoms with Crippen molar-refractivity contribution in [1.82, 2.24) is 19.7 Å². The van der Waals surface area contributed by atoms with Crippen LogP contribution in [0.4, 0.5) is 4.79 Å². The van der Waals surface area contributed by atoms with Crippen molar-refractivity contribution in [2.75, 3.05) is 13.7 Å². The van der Waals surface area contributed by atoms with E-state index >= 15 is 0 Å². The number of amides is 2. The van der Waals surface area contributed by atoms with Gasteiger partial charge in [0.15, 0.2) is 5.82 Å². The van der Waals surface area contributed by atoms with Crippen LogP contribution in [0.15, 0.2) is 58.2 Å². The van der Waals surface area contributed by atoms with Gasteiger partial charge in [-0.25, -0.2) is 9.67 Å². The topological polar surface area (TPSA) is 77.3 Å². The van der Waals surface area contributed by atoms with Crippen LogP contribution < -0.4 is 4.74 Å². The highest BCUT2D eigenvalue weighted by Crippen LogP contribution is 2.35. The first kappa shape index (κ1) is 20.4. The second-order valence-electron chi connectivity index (χ2n) is 6.38. The average Bonchev–Trinajstić information content (AvgIpc) is 3.27. The fraction of sp³-hybridized carbons (Fsp3) is 0.143. The van der Waals surface area contributed by atoms with Crippen molar-refractivity contribution >= 4 is 44.9 Å². The van der Waals surface area contributed by atoms with Gasteiger partial charge in [-0.3, -0.25) is 14.5 Å². The summed E-state index contributed by atoms with van der Waals surface area (Å²) in [5.41, 5.74) is 2.20. The molecule has 0 unspecified atom stereocenters. The summed E-state index contributed by atoms with van der Waals surface area (Å²) in [7, 11) is 1.47. The summed E-state index contributed by atoms with van der Waals surface area (Å²) in [5.74, 6) is 1.06. The molecule has 0 atom stereocenters. The molecule has 1 aromatic carbocycles. The summed E-state index contributed by atoms with van der Waals surface area (Å²) < 4.78 is 8.05. The molecule has 0 N–H and O–H groups in total. The molecule has 1 saturated heterocycles. The summed E-state index contributed by atoms with van der Waals surface area (Å²) in [6.07, 6.45) is 5.18. The quantitative estimate of drug-likeness (QED) is 0.485. The van der Waals surface area contributed by atoms with Gasteiger partial charge in [-0.1, -0.05) is 6.07 Å². The SMILES string of the molecule is CCOc1ccc(-c2nn(-c3ccccn3)cc2C=C2SC(=O)N(C)C2=O)cc1Br. The molecule has 1 aliphatic rings. The van der Waals surface area contributed by atoms with Crippen LogP contribution in [0.1, 0.15) is 12.5 Å². The molecule has 3 aromatic rings. The lowest BCUT2D eigenvalue weighted by Crippen LogP contribution is -2.22. The molecular formula is C21H17BrN4O3S. The van der Waals surface area contributed by atoms with Crippen LogP contribution in [0.2, 0.25) is 0 Å². The van der Waals surface area contributed by atoms with Crippen molar-refractivity contribution < 1.29 is 14.3 Å². The predicted octanol–water partition coefficient (Wildman–Crippen LogP) is 4.76. The summed E-state index contributed by atoms with van der Waals surface area (Å²) in [5, 5.41) is 4.40. The van der Waals surface area contributed by atoms with Crippen molar-refractivity contribution in [3.05, 3.63) is 63.7 Å². The summed E-state index contributed by atoms with van der Waals surface area (Å²) >= 11 is 4.45. The van der Waals surface area contributed by atoms with Gasteiger partial charge in [0.25, 0.3) is 11.1 Å². The number of carbonyl (C=O) groups excluding carboxylic acids is 2. The second-order valence-corrected chi connectivity index (χ2v) is 8.23. The molecule has 3 heterocycles. The third-order valence-electron chi connectivity index (χ3n) is 4.40. The van der Waals surface area contributed by atoms with E-state index in [0.717, 1.165) is 32.4 Å². The largest absolute Gasteiger partial charge is 0.493 e. The molecule has 2 amide bonds. The first-order valence-corrected chi connectivity index (χ1v) is 10.7. The van der Waals surface area contributed by atoms with Crippen LogP contribution in [0, 0.1) is 0 Å². The molecule has 1 aliphatic heterocycles. The molecule has 0 spiro atoms. The fourth-order valence-corrected chi connectivity index (χ4v) is 4.24. The Morgan fingerprint density at radius 3 is 2.70 bits per heavy atom. The van der Waals surface area contributed by atoms with Gasteiger partial charge < -0.3 is 4.74 Å². The van der Waals surface area contributed by atoms with E-state index in [0.29, 0.717) is 28.6 Å². The maximum absolute atomic E-state index is 12.4. The number of rotatable bonds is 5. The minimum Gasteiger partial charge on any atom is -0.493 e. The van der Waals surface area contributed by atoms with E-state index in [4.69, 9.17) is 9.84 Å². The fourth-order valence-electron chi connectivity index (χ4n) is 2.93. The number of aromatic nitrogens is 3. The number of benzene rings is 1. The van der Waals surface area contributed by atoms with Gasteiger partial charge in [0.2, 0.25) is 0 Å². The monoisotopic (exact) mass is 484 g/mol. The number of ether oxygens (including phenoxy) is 1. The van der Waals surface area contributed by atoms with E-state index in [1.165, 1.54) is 7.05 Å². The van der Waals surface area contributed by atoms with Crippen molar-refractivity contribution in [3.8, 4) is 22.8 Å². The van der Waals surface area contributed by atoms with Gasteiger partial charge in [0.05, 0.1) is 16.0 Å². The van der Waals surface area contributed by atoms with Crippen LogP contribution in [-0.4, -0.2) is 44.5 Å². The summed E-state index contributed by atoms with van der Waals surface area (Å²) in [4.78, 5) is 30.1. The van der Waals surface area contributed by atoms with E-state index in [1.54, 1.807) is 23.2 Å². The minimum absolute atomic E-state index is 0.297. The third-order valence-corrected chi connectivity index (χ3v) is 5.99. The molecule has 0 aliphatic carbocycles. The first-order chi connectivity index (χ1) is 14.5. The standard InChI is InChI=1S/C21H17BrN4O3S/c1-3-29-16-8-7-13(10-15(16)22)19-14(11-17-20(27)25(2)21(28)30-17)12-26(24-19)18-6-4-5-9-23-18/h4-12H,3H2,1-2H3. The zero-order valence-electron chi connectivity index (χ0n) is 16.2. The van der Waals surface area contributed by atoms with E-state index in [9.17, 15) is 9.59 Å². The van der Waals surface area contributed by atoms with E-state index < -0.39 is 0 Å². The number of hydrogen-bond acceptors (Lipinski definition) is 6. The predicted molar refractivity (Wildman–Crippen MR) is 119 cm³/mol.